The highest BCUT2D eigenvalue weighted by Gasteiger charge is 2.31. The topological polar surface area (TPSA) is 63.4 Å². The van der Waals surface area contributed by atoms with Gasteiger partial charge in [-0.2, -0.15) is 0 Å². The smallest absolute Gasteiger partial charge is 0.164 e. The van der Waals surface area contributed by atoms with E-state index in [2.05, 4.69) is 185 Å². The summed E-state index contributed by atoms with van der Waals surface area (Å²) < 4.78 is 0. The molecule has 62 heavy (non-hydrogen) atoms. The van der Waals surface area contributed by atoms with E-state index in [1.807, 2.05) is 26.0 Å². The number of rotatable bonds is 12. The zero-order valence-electron chi connectivity index (χ0n) is 36.4. The van der Waals surface area contributed by atoms with Crippen molar-refractivity contribution in [1.82, 2.24) is 15.0 Å². The van der Waals surface area contributed by atoms with Crippen molar-refractivity contribution >= 4 is 44.4 Å². The number of hydrogen-bond acceptors (Lipinski definition) is 4. The minimum absolute atomic E-state index is 0.216. The summed E-state index contributed by atoms with van der Waals surface area (Å²) in [6.07, 6.45) is 16.5. The molecule has 0 saturated carbocycles. The average molecular weight is 808 g/mol. The second-order valence-electron chi connectivity index (χ2n) is 16.0. The zero-order chi connectivity index (χ0) is 43.1. The fourth-order valence-corrected chi connectivity index (χ4v) is 8.30. The highest BCUT2D eigenvalue weighted by molar-refractivity contribution is 6.12. The van der Waals surface area contributed by atoms with Crippen LogP contribution in [0.3, 0.4) is 0 Å². The second kappa shape index (κ2) is 18.7. The van der Waals surface area contributed by atoms with Crippen LogP contribution in [0.5, 0.6) is 0 Å². The minimum atomic E-state index is -0.216. The average Bonchev–Trinajstić information content (AvgIpc) is 3.33. The van der Waals surface area contributed by atoms with Crippen LogP contribution >= 0.6 is 0 Å². The van der Waals surface area contributed by atoms with Gasteiger partial charge in [0.2, 0.25) is 0 Å². The van der Waals surface area contributed by atoms with Gasteiger partial charge >= 0.3 is 0 Å². The van der Waals surface area contributed by atoms with Crippen LogP contribution in [-0.2, 0) is 5.41 Å². The molecule has 5 heteroatoms. The molecule has 0 unspecified atom stereocenters. The fourth-order valence-electron chi connectivity index (χ4n) is 8.30. The van der Waals surface area contributed by atoms with Crippen molar-refractivity contribution in [3.05, 3.63) is 210 Å². The first-order valence-corrected chi connectivity index (χ1v) is 21.7. The first kappa shape index (κ1) is 41.6. The lowest BCUT2D eigenvalue weighted by atomic mass is 9.70. The predicted octanol–water partition coefficient (Wildman–Crippen LogP) is 14.8. The van der Waals surface area contributed by atoms with Crippen LogP contribution in [-0.4, -0.2) is 26.5 Å². The van der Waals surface area contributed by atoms with E-state index < -0.39 is 0 Å². The molecule has 0 fully saturated rings. The minimum Gasteiger partial charge on any atom is -0.233 e. The fraction of sp³-hybridized carbons (Fsp3) is 0.175. The molecular weight excluding hydrogens is 755 g/mol. The van der Waals surface area contributed by atoms with Crippen LogP contribution in [0.25, 0.3) is 55.6 Å². The summed E-state index contributed by atoms with van der Waals surface area (Å²) in [4.78, 5) is 25.4. The molecule has 7 aromatic rings. The van der Waals surface area contributed by atoms with E-state index in [0.717, 1.165) is 75.6 Å². The number of fused-ring (bicyclic) bond motifs is 2. The van der Waals surface area contributed by atoms with Crippen molar-refractivity contribution in [1.29, 1.82) is 0 Å². The SMILES string of the molecule is C=C(\N=C(/N=C(C)/C(C)=C/C=C\C)c1ccc(C(CC)(CC)c2ccc(-c3nc(C4=CCCC=C4)nc(-c4ccc5ccccc5c4)n3)cc2)cc1)c1ccc2ccccc2c1. The summed E-state index contributed by atoms with van der Waals surface area (Å²) in [5.74, 6) is 2.66. The molecule has 6 aromatic carbocycles. The molecule has 1 aliphatic rings. The maximum absolute atomic E-state index is 5.11. The standard InChI is InChI=1S/C57H53N5/c1-7-10-18-39(4)40(5)58-53(59-41(6)47-27-25-42-19-14-16-23-48(42)37-47)45-29-33-51(34-30-45)57(8-2,9-3)52-35-31-46(32-36-52)55-60-54(44-21-12-11-13-22-44)61-56(62-55)50-28-26-43-20-15-17-24-49(43)38-50/h7,10,12,14-38H,6,8-9,11,13H2,1-5H3/b10-7-,39-18+,58-40+,59-53-. The molecule has 0 saturated heterocycles. The van der Waals surface area contributed by atoms with E-state index in [4.69, 9.17) is 24.9 Å². The Balaban J connectivity index is 1.14. The van der Waals surface area contributed by atoms with E-state index in [1.165, 1.54) is 21.9 Å². The molecule has 1 aromatic heterocycles. The number of aliphatic imine (C=N–C) groups is 2. The third kappa shape index (κ3) is 8.84. The summed E-state index contributed by atoms with van der Waals surface area (Å²) in [6, 6.07) is 47.2. The van der Waals surface area contributed by atoms with Gasteiger partial charge in [-0.3, -0.25) is 0 Å². The van der Waals surface area contributed by atoms with Gasteiger partial charge in [-0.05, 0) is 96.8 Å². The summed E-state index contributed by atoms with van der Waals surface area (Å²) >= 11 is 0. The lowest BCUT2D eigenvalue weighted by Crippen LogP contribution is -2.26. The van der Waals surface area contributed by atoms with Gasteiger partial charge in [0.25, 0.3) is 0 Å². The zero-order valence-corrected chi connectivity index (χ0v) is 36.4. The molecule has 8 rings (SSSR count). The van der Waals surface area contributed by atoms with Crippen molar-refractivity contribution in [2.75, 3.05) is 0 Å². The molecule has 1 aliphatic carbocycles. The van der Waals surface area contributed by atoms with Crippen molar-refractivity contribution in [3.8, 4) is 22.8 Å². The Morgan fingerprint density at radius 2 is 1.19 bits per heavy atom. The maximum Gasteiger partial charge on any atom is 0.164 e. The Kier molecular flexibility index (Phi) is 12.5. The number of benzene rings is 6. The van der Waals surface area contributed by atoms with E-state index >= 15 is 0 Å². The molecule has 0 amide bonds. The normalized spacial score (nSPS) is 13.9. The van der Waals surface area contributed by atoms with Gasteiger partial charge in [-0.25, -0.2) is 24.9 Å². The van der Waals surface area contributed by atoms with Crippen LogP contribution in [0.2, 0.25) is 0 Å². The maximum atomic E-state index is 5.11. The van der Waals surface area contributed by atoms with Gasteiger partial charge in [0.1, 0.15) is 0 Å². The molecule has 5 nitrogen and oxygen atoms in total. The van der Waals surface area contributed by atoms with Crippen LogP contribution in [0.1, 0.15) is 88.4 Å². The van der Waals surface area contributed by atoms with E-state index in [1.54, 1.807) is 0 Å². The van der Waals surface area contributed by atoms with Gasteiger partial charge in [-0.1, -0.05) is 178 Å². The first-order chi connectivity index (χ1) is 30.3. The molecule has 0 atom stereocenters. The van der Waals surface area contributed by atoms with Crippen LogP contribution in [0.15, 0.2) is 192 Å². The largest absolute Gasteiger partial charge is 0.233 e. The lowest BCUT2D eigenvalue weighted by Gasteiger charge is -2.33. The molecule has 0 N–H and O–H groups in total. The van der Waals surface area contributed by atoms with Crippen LogP contribution in [0.4, 0.5) is 0 Å². The van der Waals surface area contributed by atoms with Crippen molar-refractivity contribution in [2.45, 2.75) is 65.7 Å². The Morgan fingerprint density at radius 1 is 0.629 bits per heavy atom. The van der Waals surface area contributed by atoms with Crippen LogP contribution < -0.4 is 0 Å². The predicted molar refractivity (Wildman–Crippen MR) is 264 cm³/mol. The van der Waals surface area contributed by atoms with Crippen molar-refractivity contribution in [3.63, 3.8) is 0 Å². The van der Waals surface area contributed by atoms with Gasteiger partial charge < -0.3 is 0 Å². The quantitative estimate of drug-likeness (QED) is 0.0702. The van der Waals surface area contributed by atoms with E-state index in [-0.39, 0.29) is 5.41 Å². The Bertz CT molecular complexity index is 2950. The Labute approximate surface area is 366 Å². The number of amidine groups is 1. The number of hydrogen-bond donors (Lipinski definition) is 0. The van der Waals surface area contributed by atoms with E-state index in [0.29, 0.717) is 29.0 Å². The van der Waals surface area contributed by atoms with Crippen molar-refractivity contribution in [2.24, 2.45) is 9.98 Å². The third-order valence-corrected chi connectivity index (χ3v) is 12.2. The Hall–Kier alpha value is -7.11. The molecule has 0 spiro atoms. The van der Waals surface area contributed by atoms with Gasteiger partial charge in [0, 0.05) is 39.0 Å². The highest BCUT2D eigenvalue weighted by Crippen LogP contribution is 2.40. The molecule has 0 aliphatic heterocycles. The van der Waals surface area contributed by atoms with Gasteiger partial charge in [0.05, 0.1) is 5.70 Å². The first-order valence-electron chi connectivity index (χ1n) is 21.7. The number of aromatic nitrogens is 3. The van der Waals surface area contributed by atoms with Crippen molar-refractivity contribution < 1.29 is 0 Å². The molecule has 1 heterocycles. The monoisotopic (exact) mass is 807 g/mol. The molecule has 306 valence electrons. The summed E-state index contributed by atoms with van der Waals surface area (Å²) in [5, 5.41) is 4.68. The summed E-state index contributed by atoms with van der Waals surface area (Å²) in [6.45, 7) is 15.1. The summed E-state index contributed by atoms with van der Waals surface area (Å²) in [7, 11) is 0. The lowest BCUT2D eigenvalue weighted by molar-refractivity contribution is 0.478. The molecular formula is C57H53N5. The van der Waals surface area contributed by atoms with E-state index in [9.17, 15) is 0 Å². The summed E-state index contributed by atoms with van der Waals surface area (Å²) in [5.41, 5.74) is 9.77. The Morgan fingerprint density at radius 3 is 1.82 bits per heavy atom. The van der Waals surface area contributed by atoms with Gasteiger partial charge in [0.15, 0.2) is 23.3 Å². The number of allylic oxidation sites excluding steroid dienone is 8. The van der Waals surface area contributed by atoms with Crippen LogP contribution in [0, 0.1) is 0 Å². The van der Waals surface area contributed by atoms with Gasteiger partial charge in [-0.15, -0.1) is 0 Å². The highest BCUT2D eigenvalue weighted by atomic mass is 15.0. The third-order valence-electron chi connectivity index (χ3n) is 12.2. The molecule has 0 radical (unpaired) electrons. The second-order valence-corrected chi connectivity index (χ2v) is 16.0. The number of nitrogens with zero attached hydrogens (tertiary/aromatic N) is 5. The molecule has 0 bridgehead atoms.